The topological polar surface area (TPSA) is 98.7 Å². The third kappa shape index (κ3) is 3.24. The highest BCUT2D eigenvalue weighted by Crippen LogP contribution is 2.45. The molecule has 2 aliphatic heterocycles. The Morgan fingerprint density at radius 2 is 1.78 bits per heavy atom. The smallest absolute Gasteiger partial charge is 0.312 e. The number of esters is 1. The van der Waals surface area contributed by atoms with Crippen LogP contribution in [0.25, 0.3) is 33.2 Å². The number of hydrogen-bond donors (Lipinski definition) is 1. The summed E-state index contributed by atoms with van der Waals surface area (Å²) in [6.45, 7) is 0.591. The molecule has 5 aromatic rings. The number of aryl methyl sites for hydroxylation is 2. The number of phenols is 1. The number of ether oxygens (including phenoxy) is 1. The van der Waals surface area contributed by atoms with Gasteiger partial charge in [0, 0.05) is 41.3 Å². The van der Waals surface area contributed by atoms with Gasteiger partial charge in [0.05, 0.1) is 11.9 Å². The number of carbonyl (C=O) groups is 1. The van der Waals surface area contributed by atoms with Gasteiger partial charge >= 0.3 is 5.97 Å². The third-order valence-corrected chi connectivity index (χ3v) is 7.41. The highest BCUT2D eigenvalue weighted by atomic mass is 16.5. The maximum atomic E-state index is 13.8. The fourth-order valence-electron chi connectivity index (χ4n) is 5.81. The minimum atomic E-state index is -0.709. The summed E-state index contributed by atoms with van der Waals surface area (Å²) in [4.78, 5) is 39.7. The van der Waals surface area contributed by atoms with Gasteiger partial charge in [0.15, 0.2) is 5.43 Å². The van der Waals surface area contributed by atoms with Crippen LogP contribution in [0, 0.1) is 0 Å². The second-order valence-electron chi connectivity index (χ2n) is 9.60. The largest absolute Gasteiger partial charge is 0.507 e. The molecule has 0 radical (unpaired) electrons. The van der Waals surface area contributed by atoms with E-state index in [1.165, 1.54) is 12.1 Å². The molecule has 0 aliphatic carbocycles. The Kier molecular flexibility index (Phi) is 4.63. The summed E-state index contributed by atoms with van der Waals surface area (Å²) in [5, 5.41) is 11.6. The predicted molar refractivity (Wildman–Crippen MR) is 138 cm³/mol. The molecular formula is C30H21NO6. The molecule has 1 atom stereocenters. The van der Waals surface area contributed by atoms with Crippen molar-refractivity contribution >= 4 is 27.8 Å². The minimum absolute atomic E-state index is 0.00843. The molecule has 0 amide bonds. The molecule has 1 N–H and O–H groups in total. The van der Waals surface area contributed by atoms with Gasteiger partial charge in [0.1, 0.15) is 28.2 Å². The molecule has 182 valence electrons. The zero-order valence-corrected chi connectivity index (χ0v) is 19.7. The Morgan fingerprint density at radius 3 is 2.62 bits per heavy atom. The molecule has 4 heterocycles. The van der Waals surface area contributed by atoms with Crippen LogP contribution in [0.5, 0.6) is 11.5 Å². The molecule has 7 rings (SSSR count). The second kappa shape index (κ2) is 7.93. The first kappa shape index (κ1) is 21.6. The van der Waals surface area contributed by atoms with Crippen LogP contribution in [0.15, 0.2) is 80.7 Å². The van der Waals surface area contributed by atoms with Crippen LogP contribution in [0.2, 0.25) is 0 Å². The van der Waals surface area contributed by atoms with E-state index in [-0.39, 0.29) is 34.4 Å². The molecule has 0 spiro atoms. The fraction of sp³-hybridized carbons (Fsp3) is 0.167. The molecule has 2 aliphatic rings. The van der Waals surface area contributed by atoms with Crippen molar-refractivity contribution in [2.24, 2.45) is 0 Å². The normalized spacial score (nSPS) is 16.5. The van der Waals surface area contributed by atoms with Crippen molar-refractivity contribution in [3.05, 3.63) is 104 Å². The van der Waals surface area contributed by atoms with Crippen molar-refractivity contribution in [2.45, 2.75) is 31.7 Å². The molecule has 7 nitrogen and oxygen atoms in total. The van der Waals surface area contributed by atoms with Gasteiger partial charge in [-0.25, -0.2) is 0 Å². The number of carbonyl (C=O) groups excluding carboxylic acids is 1. The standard InChI is InChI=1S/C30H21NO6/c32-21-14-23(16-6-2-1-3-7-16)37-29-26-19(13-25(34)36-24(26)15-22(33)27(21)29)20-12-18-9-4-8-17-10-5-11-31(28(17)18)30(20)35/h1-4,6-9,12,14-15,19,33H,5,10-11,13H2. The van der Waals surface area contributed by atoms with Crippen molar-refractivity contribution in [3.63, 3.8) is 0 Å². The van der Waals surface area contributed by atoms with Crippen LogP contribution in [0.3, 0.4) is 0 Å². The van der Waals surface area contributed by atoms with Gasteiger partial charge in [-0.2, -0.15) is 0 Å². The van der Waals surface area contributed by atoms with Crippen molar-refractivity contribution in [2.75, 3.05) is 0 Å². The molecule has 0 saturated carbocycles. The Bertz CT molecular complexity index is 1880. The summed E-state index contributed by atoms with van der Waals surface area (Å²) < 4.78 is 13.5. The maximum absolute atomic E-state index is 13.8. The molecule has 2 aromatic heterocycles. The van der Waals surface area contributed by atoms with E-state index < -0.39 is 17.3 Å². The van der Waals surface area contributed by atoms with Gasteiger partial charge in [-0.3, -0.25) is 14.4 Å². The van der Waals surface area contributed by atoms with Crippen molar-refractivity contribution in [1.82, 2.24) is 4.57 Å². The van der Waals surface area contributed by atoms with Gasteiger partial charge in [0.25, 0.3) is 5.56 Å². The van der Waals surface area contributed by atoms with Gasteiger partial charge < -0.3 is 18.8 Å². The molecule has 0 bridgehead atoms. The number of benzene rings is 3. The van der Waals surface area contributed by atoms with Gasteiger partial charge in [0.2, 0.25) is 0 Å². The average Bonchev–Trinajstić information content (AvgIpc) is 2.90. The SMILES string of the molecule is O=C1CC(c2cc3cccc4c3n(c2=O)CCC4)c2c(cc(O)c3c(=O)cc(-c4ccccc4)oc23)O1. The van der Waals surface area contributed by atoms with Crippen molar-refractivity contribution in [3.8, 4) is 22.8 Å². The molecule has 7 heteroatoms. The zero-order chi connectivity index (χ0) is 25.3. The first-order chi connectivity index (χ1) is 18.0. The lowest BCUT2D eigenvalue weighted by Gasteiger charge is -2.27. The first-order valence-electron chi connectivity index (χ1n) is 12.2. The number of pyridine rings is 1. The highest BCUT2D eigenvalue weighted by molar-refractivity contribution is 5.93. The number of rotatable bonds is 2. The van der Waals surface area contributed by atoms with Gasteiger partial charge in [-0.1, -0.05) is 48.5 Å². The van der Waals surface area contributed by atoms with E-state index in [2.05, 4.69) is 0 Å². The Balaban J connectivity index is 1.55. The van der Waals surface area contributed by atoms with Crippen molar-refractivity contribution < 1.29 is 19.1 Å². The molecule has 3 aromatic carbocycles. The number of nitrogens with zero attached hydrogens (tertiary/aromatic N) is 1. The summed E-state index contributed by atoms with van der Waals surface area (Å²) in [5.41, 5.74) is 3.11. The highest BCUT2D eigenvalue weighted by Gasteiger charge is 2.35. The maximum Gasteiger partial charge on any atom is 0.312 e. The number of hydrogen-bond acceptors (Lipinski definition) is 6. The van der Waals surface area contributed by atoms with E-state index in [1.54, 1.807) is 4.57 Å². The number of fused-ring (bicyclic) bond motifs is 3. The van der Waals surface area contributed by atoms with E-state index in [0.29, 0.717) is 29.0 Å². The summed E-state index contributed by atoms with van der Waals surface area (Å²) in [6, 6.07) is 19.6. The third-order valence-electron chi connectivity index (χ3n) is 7.41. The lowest BCUT2D eigenvalue weighted by molar-refractivity contribution is -0.135. The summed E-state index contributed by atoms with van der Waals surface area (Å²) in [6.07, 6.45) is 1.67. The van der Waals surface area contributed by atoms with E-state index in [4.69, 9.17) is 9.15 Å². The molecule has 1 unspecified atom stereocenters. The Hall–Kier alpha value is -4.65. The summed E-state index contributed by atoms with van der Waals surface area (Å²) in [5.74, 6) is -1.17. The van der Waals surface area contributed by atoms with E-state index in [9.17, 15) is 19.5 Å². The lowest BCUT2D eigenvalue weighted by atomic mass is 9.84. The van der Waals surface area contributed by atoms with Gasteiger partial charge in [-0.05, 0) is 29.9 Å². The number of aromatic nitrogens is 1. The van der Waals surface area contributed by atoms with Crippen LogP contribution in [-0.4, -0.2) is 15.6 Å². The number of aromatic hydroxyl groups is 1. The van der Waals surface area contributed by atoms with Crippen LogP contribution in [0.4, 0.5) is 0 Å². The van der Waals surface area contributed by atoms with Crippen molar-refractivity contribution in [1.29, 1.82) is 0 Å². The van der Waals surface area contributed by atoms with Crippen LogP contribution in [0.1, 0.15) is 35.4 Å². The monoisotopic (exact) mass is 491 g/mol. The molecule has 0 fully saturated rings. The quantitative estimate of drug-likeness (QED) is 0.280. The summed E-state index contributed by atoms with van der Waals surface area (Å²) in [7, 11) is 0. The Morgan fingerprint density at radius 1 is 0.946 bits per heavy atom. The molecule has 37 heavy (non-hydrogen) atoms. The van der Waals surface area contributed by atoms with E-state index in [1.807, 2.05) is 54.6 Å². The van der Waals surface area contributed by atoms with Gasteiger partial charge in [-0.15, -0.1) is 0 Å². The average molecular weight is 491 g/mol. The predicted octanol–water partition coefficient (Wildman–Crippen LogP) is 4.87. The minimum Gasteiger partial charge on any atom is -0.507 e. The first-order valence-corrected chi connectivity index (χ1v) is 12.2. The van der Waals surface area contributed by atoms with Crippen LogP contribution in [-0.2, 0) is 17.8 Å². The summed E-state index contributed by atoms with van der Waals surface area (Å²) >= 11 is 0. The Labute approximate surface area is 210 Å². The van der Waals surface area contributed by atoms with Crippen LogP contribution < -0.4 is 15.7 Å². The number of phenolic OH excluding ortho intramolecular Hbond substituents is 1. The molecule has 0 saturated heterocycles. The zero-order valence-electron chi connectivity index (χ0n) is 19.7. The second-order valence-corrected chi connectivity index (χ2v) is 9.60. The fourth-order valence-corrected chi connectivity index (χ4v) is 5.81. The molecular weight excluding hydrogens is 470 g/mol. The van der Waals surface area contributed by atoms with Crippen LogP contribution >= 0.6 is 0 Å². The van der Waals surface area contributed by atoms with E-state index >= 15 is 0 Å². The van der Waals surface area contributed by atoms with E-state index in [0.717, 1.165) is 29.3 Å². The lowest BCUT2D eigenvalue weighted by Crippen LogP contribution is -2.31. The number of para-hydroxylation sites is 1.